The lowest BCUT2D eigenvalue weighted by Gasteiger charge is -2.26. The molecule has 1 N–H and O–H groups in total. The molecule has 172 valence electrons. The summed E-state index contributed by atoms with van der Waals surface area (Å²) in [5, 5.41) is 4.76. The van der Waals surface area contributed by atoms with Crippen LogP contribution in [0.1, 0.15) is 37.4 Å². The fraction of sp³-hybridized carbons (Fsp3) is 0.185. The van der Waals surface area contributed by atoms with E-state index >= 15 is 0 Å². The summed E-state index contributed by atoms with van der Waals surface area (Å²) in [5.41, 5.74) is 2.79. The third kappa shape index (κ3) is 4.52. The van der Waals surface area contributed by atoms with Crippen molar-refractivity contribution in [3.63, 3.8) is 0 Å². The quantitative estimate of drug-likeness (QED) is 0.295. The van der Waals surface area contributed by atoms with Crippen LogP contribution in [0.15, 0.2) is 89.5 Å². The van der Waals surface area contributed by atoms with Crippen LogP contribution in [0.5, 0.6) is 5.75 Å². The summed E-state index contributed by atoms with van der Waals surface area (Å²) in [4.78, 5) is 6.68. The lowest BCUT2D eigenvalue weighted by atomic mass is 10.0. The van der Waals surface area contributed by atoms with E-state index in [0.717, 1.165) is 34.2 Å². The minimum Gasteiger partial charge on any atom is -0.491 e. The van der Waals surface area contributed by atoms with E-state index in [1.807, 2.05) is 92.7 Å². The van der Waals surface area contributed by atoms with Gasteiger partial charge in [0.1, 0.15) is 23.3 Å². The fourth-order valence-corrected chi connectivity index (χ4v) is 4.63. The van der Waals surface area contributed by atoms with Crippen molar-refractivity contribution in [3.05, 3.63) is 102 Å². The van der Waals surface area contributed by atoms with Gasteiger partial charge in [0, 0.05) is 22.5 Å². The summed E-state index contributed by atoms with van der Waals surface area (Å²) in [6.45, 7) is 4.02. The number of hydrogen-bond acceptors (Lipinski definition) is 4. The largest absolute Gasteiger partial charge is 0.491 e. The molecule has 2 aromatic heterocycles. The number of furan rings is 1. The molecule has 2 aromatic carbocycles. The highest BCUT2D eigenvalue weighted by Gasteiger charge is 2.42. The first kappa shape index (κ1) is 22.4. The second-order valence-corrected chi connectivity index (χ2v) is 9.19. The van der Waals surface area contributed by atoms with E-state index < -0.39 is 0 Å². The van der Waals surface area contributed by atoms with Crippen molar-refractivity contribution in [2.75, 3.05) is 4.90 Å². The van der Waals surface area contributed by atoms with Gasteiger partial charge < -0.3 is 19.4 Å². The first-order chi connectivity index (χ1) is 16.5. The minimum absolute atomic E-state index is 0.107. The van der Waals surface area contributed by atoms with Crippen LogP contribution in [0.3, 0.4) is 0 Å². The predicted molar refractivity (Wildman–Crippen MR) is 139 cm³/mol. The molecule has 0 saturated carbocycles. The Kier molecular flexibility index (Phi) is 6.26. The van der Waals surface area contributed by atoms with E-state index in [1.54, 1.807) is 6.20 Å². The Morgan fingerprint density at radius 3 is 2.44 bits per heavy atom. The zero-order valence-corrected chi connectivity index (χ0v) is 20.4. The van der Waals surface area contributed by atoms with Crippen LogP contribution in [0.2, 0.25) is 5.02 Å². The zero-order chi connectivity index (χ0) is 23.7. The van der Waals surface area contributed by atoms with E-state index in [4.69, 9.17) is 33.0 Å². The number of nitrogens with one attached hydrogen (secondary N) is 1. The summed E-state index contributed by atoms with van der Waals surface area (Å²) in [7, 11) is 0. The summed E-state index contributed by atoms with van der Waals surface area (Å²) in [5.74, 6) is 2.37. The highest BCUT2D eigenvalue weighted by molar-refractivity contribution is 7.80. The smallest absolute Gasteiger partial charge is 0.174 e. The number of nitrogens with zero attached hydrogens (tertiary/aromatic N) is 2. The molecule has 0 unspecified atom stereocenters. The van der Waals surface area contributed by atoms with Gasteiger partial charge in [-0.25, -0.2) is 0 Å². The Morgan fingerprint density at radius 1 is 1.00 bits per heavy atom. The van der Waals surface area contributed by atoms with Gasteiger partial charge in [-0.1, -0.05) is 17.7 Å². The molecule has 1 saturated heterocycles. The molecule has 0 bridgehead atoms. The van der Waals surface area contributed by atoms with Crippen molar-refractivity contribution < 1.29 is 9.15 Å². The molecule has 3 heterocycles. The monoisotopic (exact) mass is 489 g/mol. The second-order valence-electron chi connectivity index (χ2n) is 8.37. The molecule has 7 heteroatoms. The summed E-state index contributed by atoms with van der Waals surface area (Å²) >= 11 is 11.9. The van der Waals surface area contributed by atoms with Crippen molar-refractivity contribution in [1.29, 1.82) is 0 Å². The highest BCUT2D eigenvalue weighted by atomic mass is 35.5. The number of aromatic nitrogens is 1. The highest BCUT2D eigenvalue weighted by Crippen LogP contribution is 2.43. The molecule has 4 aromatic rings. The molecule has 5 rings (SSSR count). The molecular formula is C27H24ClN3O2S. The number of ether oxygens (including phenoxy) is 1. The van der Waals surface area contributed by atoms with E-state index in [9.17, 15) is 0 Å². The van der Waals surface area contributed by atoms with Gasteiger partial charge in [0.05, 0.1) is 17.8 Å². The molecular weight excluding hydrogens is 466 g/mol. The van der Waals surface area contributed by atoms with E-state index in [-0.39, 0.29) is 18.2 Å². The molecule has 0 spiro atoms. The molecule has 0 aliphatic carbocycles. The van der Waals surface area contributed by atoms with Gasteiger partial charge in [0.2, 0.25) is 0 Å². The number of halogens is 1. The first-order valence-corrected chi connectivity index (χ1v) is 11.9. The molecule has 2 atom stereocenters. The minimum atomic E-state index is -0.222. The standard InChI is InChI=1S/C27H24ClN3O2S/c1-17(2)32-21-12-10-20(11-13-21)31-26(25(30-27(31)34)22-5-3-4-16-29-22)24-15-14-23(33-24)18-6-8-19(28)9-7-18/h3-17,25-26H,1-2H3,(H,30,34)/t25-,26-/m0/s1. The SMILES string of the molecule is CC(C)Oc1ccc(N2C(=S)N[C@@H](c3ccccn3)[C@@H]2c2ccc(-c3ccc(Cl)cc3)o2)cc1. The maximum atomic E-state index is 6.38. The summed E-state index contributed by atoms with van der Waals surface area (Å²) in [6.07, 6.45) is 1.90. The zero-order valence-electron chi connectivity index (χ0n) is 18.8. The molecule has 1 aliphatic rings. The normalized spacial score (nSPS) is 17.8. The topological polar surface area (TPSA) is 50.5 Å². The lowest BCUT2D eigenvalue weighted by molar-refractivity contribution is 0.242. The Labute approximate surface area is 209 Å². The lowest BCUT2D eigenvalue weighted by Crippen LogP contribution is -2.29. The molecule has 1 aliphatic heterocycles. The van der Waals surface area contributed by atoms with E-state index in [1.165, 1.54) is 0 Å². The fourth-order valence-electron chi connectivity index (χ4n) is 4.16. The van der Waals surface area contributed by atoms with Crippen molar-refractivity contribution in [1.82, 2.24) is 10.3 Å². The number of thiocarbonyl (C=S) groups is 1. The van der Waals surface area contributed by atoms with Crippen LogP contribution in [0, 0.1) is 0 Å². The molecule has 34 heavy (non-hydrogen) atoms. The Morgan fingerprint density at radius 2 is 1.76 bits per heavy atom. The number of benzene rings is 2. The molecule has 5 nitrogen and oxygen atoms in total. The van der Waals surface area contributed by atoms with Crippen LogP contribution in [-0.2, 0) is 0 Å². The first-order valence-electron chi connectivity index (χ1n) is 11.1. The van der Waals surface area contributed by atoms with Gasteiger partial charge in [-0.3, -0.25) is 4.98 Å². The molecule has 0 amide bonds. The van der Waals surface area contributed by atoms with Gasteiger partial charge >= 0.3 is 0 Å². The van der Waals surface area contributed by atoms with Crippen LogP contribution < -0.4 is 15.0 Å². The van der Waals surface area contributed by atoms with E-state index in [0.29, 0.717) is 10.1 Å². The van der Waals surface area contributed by atoms with E-state index in [2.05, 4.69) is 15.2 Å². The molecule has 0 radical (unpaired) electrons. The van der Waals surface area contributed by atoms with Gasteiger partial charge in [-0.15, -0.1) is 0 Å². The Hall–Kier alpha value is -3.35. The van der Waals surface area contributed by atoms with Crippen molar-refractivity contribution in [2.24, 2.45) is 0 Å². The Bertz CT molecular complexity index is 1270. The van der Waals surface area contributed by atoms with Gasteiger partial charge in [-0.05, 0) is 98.9 Å². The van der Waals surface area contributed by atoms with Crippen LogP contribution in [-0.4, -0.2) is 16.2 Å². The number of pyridine rings is 1. The third-order valence-electron chi connectivity index (χ3n) is 5.63. The van der Waals surface area contributed by atoms with Crippen molar-refractivity contribution in [2.45, 2.75) is 32.0 Å². The summed E-state index contributed by atoms with van der Waals surface area (Å²) < 4.78 is 12.2. The van der Waals surface area contributed by atoms with Crippen LogP contribution >= 0.6 is 23.8 Å². The maximum Gasteiger partial charge on any atom is 0.174 e. The van der Waals surface area contributed by atoms with Crippen LogP contribution in [0.25, 0.3) is 11.3 Å². The predicted octanol–water partition coefficient (Wildman–Crippen LogP) is 6.96. The summed E-state index contributed by atoms with van der Waals surface area (Å²) in [6, 6.07) is 25.0. The van der Waals surface area contributed by atoms with Crippen LogP contribution in [0.4, 0.5) is 5.69 Å². The number of rotatable bonds is 6. The van der Waals surface area contributed by atoms with Gasteiger partial charge in [-0.2, -0.15) is 0 Å². The average molecular weight is 490 g/mol. The Balaban J connectivity index is 1.54. The average Bonchev–Trinajstić information content (AvgIpc) is 3.45. The van der Waals surface area contributed by atoms with Crippen molar-refractivity contribution >= 4 is 34.6 Å². The number of anilines is 1. The van der Waals surface area contributed by atoms with Crippen molar-refractivity contribution in [3.8, 4) is 17.1 Å². The second kappa shape index (κ2) is 9.49. The van der Waals surface area contributed by atoms with Gasteiger partial charge in [0.25, 0.3) is 0 Å². The number of hydrogen-bond donors (Lipinski definition) is 1. The third-order valence-corrected chi connectivity index (χ3v) is 6.20. The molecule has 1 fully saturated rings. The van der Waals surface area contributed by atoms with Gasteiger partial charge in [0.15, 0.2) is 5.11 Å². The maximum absolute atomic E-state index is 6.38.